The number of ketones is 1. The molecule has 0 saturated heterocycles. The minimum Gasteiger partial charge on any atom is -0.288 e. The zero-order valence-electron chi connectivity index (χ0n) is 18.1. The van der Waals surface area contributed by atoms with Crippen LogP contribution in [0.4, 0.5) is 0 Å². The maximum absolute atomic E-state index is 13.5. The van der Waals surface area contributed by atoms with Crippen molar-refractivity contribution < 1.29 is 4.79 Å². The van der Waals surface area contributed by atoms with Crippen LogP contribution in [0.1, 0.15) is 21.5 Å². The SMILES string of the molecule is O=C(c1ccccc1Cl)c1cccnc1-c1nnn(Cc2cc(Cl)cc(Cl)c2)c1-c1cccnc1. The predicted octanol–water partition coefficient (Wildman–Crippen LogP) is 6.64. The van der Waals surface area contributed by atoms with Crippen molar-refractivity contribution in [3.8, 4) is 22.6 Å². The molecule has 5 rings (SSSR count). The van der Waals surface area contributed by atoms with Gasteiger partial charge in [0, 0.05) is 39.8 Å². The normalized spacial score (nSPS) is 10.9. The number of pyridine rings is 2. The molecule has 0 aliphatic carbocycles. The van der Waals surface area contributed by atoms with Crippen molar-refractivity contribution in [3.63, 3.8) is 0 Å². The van der Waals surface area contributed by atoms with E-state index in [1.54, 1.807) is 65.7 Å². The lowest BCUT2D eigenvalue weighted by atomic mass is 9.98. The van der Waals surface area contributed by atoms with E-state index in [9.17, 15) is 4.79 Å². The quantitative estimate of drug-likeness (QED) is 0.235. The maximum Gasteiger partial charge on any atom is 0.196 e. The van der Waals surface area contributed by atoms with Crippen LogP contribution in [0.5, 0.6) is 0 Å². The third kappa shape index (κ3) is 4.82. The van der Waals surface area contributed by atoms with Crippen molar-refractivity contribution in [1.82, 2.24) is 25.0 Å². The molecule has 172 valence electrons. The number of halogens is 3. The van der Waals surface area contributed by atoms with E-state index < -0.39 is 0 Å². The Labute approximate surface area is 216 Å². The number of nitrogens with zero attached hydrogens (tertiary/aromatic N) is 5. The molecule has 0 unspecified atom stereocenters. The predicted molar refractivity (Wildman–Crippen MR) is 137 cm³/mol. The third-order valence-electron chi connectivity index (χ3n) is 5.32. The molecule has 9 heteroatoms. The fourth-order valence-electron chi connectivity index (χ4n) is 3.81. The van der Waals surface area contributed by atoms with Gasteiger partial charge in [0.1, 0.15) is 17.1 Å². The van der Waals surface area contributed by atoms with E-state index in [1.165, 1.54) is 0 Å². The molecule has 0 spiro atoms. The minimum absolute atomic E-state index is 0.257. The molecule has 0 amide bonds. The van der Waals surface area contributed by atoms with Gasteiger partial charge in [-0.3, -0.25) is 14.8 Å². The lowest BCUT2D eigenvalue weighted by molar-refractivity contribution is 0.103. The lowest BCUT2D eigenvalue weighted by Gasteiger charge is -2.11. The monoisotopic (exact) mass is 519 g/mol. The van der Waals surface area contributed by atoms with Crippen molar-refractivity contribution in [1.29, 1.82) is 0 Å². The second-order valence-electron chi connectivity index (χ2n) is 7.67. The van der Waals surface area contributed by atoms with Gasteiger partial charge in [0.15, 0.2) is 5.78 Å². The molecule has 3 heterocycles. The second-order valence-corrected chi connectivity index (χ2v) is 8.95. The summed E-state index contributed by atoms with van der Waals surface area (Å²) < 4.78 is 1.72. The summed E-state index contributed by atoms with van der Waals surface area (Å²) in [6.45, 7) is 0.345. The van der Waals surface area contributed by atoms with E-state index in [-0.39, 0.29) is 5.78 Å². The third-order valence-corrected chi connectivity index (χ3v) is 6.09. The number of carbonyl (C=O) groups is 1. The number of rotatable bonds is 6. The Balaban J connectivity index is 1.67. The van der Waals surface area contributed by atoms with E-state index in [2.05, 4.69) is 20.3 Å². The van der Waals surface area contributed by atoms with Gasteiger partial charge in [-0.1, -0.05) is 52.1 Å². The molecule has 0 aliphatic heterocycles. The molecule has 6 nitrogen and oxygen atoms in total. The van der Waals surface area contributed by atoms with Gasteiger partial charge < -0.3 is 0 Å². The first-order valence-electron chi connectivity index (χ1n) is 10.5. The van der Waals surface area contributed by atoms with Crippen LogP contribution < -0.4 is 0 Å². The molecule has 0 saturated carbocycles. The molecule has 2 aromatic carbocycles. The van der Waals surface area contributed by atoms with Crippen LogP contribution in [0, 0.1) is 0 Å². The first-order valence-corrected chi connectivity index (χ1v) is 11.7. The van der Waals surface area contributed by atoms with E-state index in [4.69, 9.17) is 34.8 Å². The minimum atomic E-state index is -0.257. The van der Waals surface area contributed by atoms with Gasteiger partial charge in [0.25, 0.3) is 0 Å². The molecule has 0 N–H and O–H groups in total. The van der Waals surface area contributed by atoms with Gasteiger partial charge in [-0.05, 0) is 60.2 Å². The first-order chi connectivity index (χ1) is 17.0. The van der Waals surface area contributed by atoms with Gasteiger partial charge in [0.05, 0.1) is 17.1 Å². The van der Waals surface area contributed by atoms with Crippen LogP contribution >= 0.6 is 34.8 Å². The second kappa shape index (κ2) is 9.96. The molecule has 5 aromatic rings. The Hall–Kier alpha value is -3.58. The van der Waals surface area contributed by atoms with Gasteiger partial charge in [-0.25, -0.2) is 4.68 Å². The summed E-state index contributed by atoms with van der Waals surface area (Å²) in [4.78, 5) is 22.2. The summed E-state index contributed by atoms with van der Waals surface area (Å²) >= 11 is 18.7. The Morgan fingerprint density at radius 1 is 0.829 bits per heavy atom. The van der Waals surface area contributed by atoms with Gasteiger partial charge in [-0.2, -0.15) is 0 Å². The van der Waals surface area contributed by atoms with E-state index in [1.807, 2.05) is 24.3 Å². The average molecular weight is 521 g/mol. The molecule has 35 heavy (non-hydrogen) atoms. The Bertz CT molecular complexity index is 1520. The van der Waals surface area contributed by atoms with Crippen molar-refractivity contribution >= 4 is 40.6 Å². The van der Waals surface area contributed by atoms with Crippen molar-refractivity contribution in [2.45, 2.75) is 6.54 Å². The summed E-state index contributed by atoms with van der Waals surface area (Å²) in [6, 6.07) is 19.3. The molecule has 0 radical (unpaired) electrons. The standard InChI is InChI=1S/C26H16Cl3N5O/c27-18-11-16(12-19(28)13-18)15-34-25(17-5-3-9-30-14-17)24(32-33-34)23-21(7-4-10-31-23)26(35)20-6-1-2-8-22(20)29/h1-14H,15H2. The van der Waals surface area contributed by atoms with Gasteiger partial charge in [-0.15, -0.1) is 5.10 Å². The molecule has 0 atom stereocenters. The highest BCUT2D eigenvalue weighted by molar-refractivity contribution is 6.35. The zero-order chi connectivity index (χ0) is 24.4. The van der Waals surface area contributed by atoms with E-state index in [0.29, 0.717) is 49.8 Å². The van der Waals surface area contributed by atoms with Crippen LogP contribution in [-0.4, -0.2) is 30.7 Å². The van der Waals surface area contributed by atoms with Crippen LogP contribution in [0.3, 0.4) is 0 Å². The zero-order valence-corrected chi connectivity index (χ0v) is 20.3. The smallest absolute Gasteiger partial charge is 0.196 e. The Kier molecular flexibility index (Phi) is 6.59. The number of carbonyl (C=O) groups excluding carboxylic acids is 1. The highest BCUT2D eigenvalue weighted by Gasteiger charge is 2.24. The topological polar surface area (TPSA) is 73.6 Å². The number of hydrogen-bond acceptors (Lipinski definition) is 5. The highest BCUT2D eigenvalue weighted by atomic mass is 35.5. The lowest BCUT2D eigenvalue weighted by Crippen LogP contribution is -2.07. The molecule has 0 fully saturated rings. The number of benzene rings is 2. The molecular formula is C26H16Cl3N5O. The van der Waals surface area contributed by atoms with Crippen molar-refractivity contribution in [3.05, 3.63) is 117 Å². The highest BCUT2D eigenvalue weighted by Crippen LogP contribution is 2.33. The van der Waals surface area contributed by atoms with Crippen LogP contribution in [0.2, 0.25) is 15.1 Å². The first kappa shape index (κ1) is 23.2. The summed E-state index contributed by atoms with van der Waals surface area (Å²) in [7, 11) is 0. The Morgan fingerprint density at radius 3 is 2.31 bits per heavy atom. The number of aromatic nitrogens is 5. The summed E-state index contributed by atoms with van der Waals surface area (Å²) in [6.07, 6.45) is 5.00. The molecule has 0 aliphatic rings. The van der Waals surface area contributed by atoms with Crippen molar-refractivity contribution in [2.75, 3.05) is 0 Å². The number of hydrogen-bond donors (Lipinski definition) is 0. The van der Waals surface area contributed by atoms with E-state index >= 15 is 0 Å². The fraction of sp³-hybridized carbons (Fsp3) is 0.0385. The molecular weight excluding hydrogens is 505 g/mol. The largest absolute Gasteiger partial charge is 0.288 e. The fourth-order valence-corrected chi connectivity index (χ4v) is 4.61. The molecule has 0 bridgehead atoms. The van der Waals surface area contributed by atoms with Crippen LogP contribution in [0.15, 0.2) is 85.3 Å². The van der Waals surface area contributed by atoms with Crippen LogP contribution in [0.25, 0.3) is 22.6 Å². The van der Waals surface area contributed by atoms with Crippen molar-refractivity contribution in [2.24, 2.45) is 0 Å². The maximum atomic E-state index is 13.5. The molecule has 3 aromatic heterocycles. The van der Waals surface area contributed by atoms with Gasteiger partial charge >= 0.3 is 0 Å². The summed E-state index contributed by atoms with van der Waals surface area (Å²) in [5.41, 5.74) is 3.85. The average Bonchev–Trinajstić information content (AvgIpc) is 3.27. The summed E-state index contributed by atoms with van der Waals surface area (Å²) in [5.74, 6) is -0.257. The van der Waals surface area contributed by atoms with Crippen LogP contribution in [-0.2, 0) is 6.54 Å². The summed E-state index contributed by atoms with van der Waals surface area (Å²) in [5, 5.41) is 10.2. The Morgan fingerprint density at radius 2 is 1.57 bits per heavy atom. The van der Waals surface area contributed by atoms with Gasteiger partial charge in [0.2, 0.25) is 0 Å². The van der Waals surface area contributed by atoms with E-state index in [0.717, 1.165) is 11.1 Å².